The van der Waals surface area contributed by atoms with Gasteiger partial charge in [0.15, 0.2) is 5.09 Å². The lowest BCUT2D eigenvalue weighted by atomic mass is 9.95. The van der Waals surface area contributed by atoms with Crippen LogP contribution in [0.1, 0.15) is 12.0 Å². The molecule has 1 amide bonds. The molecule has 0 saturated carbocycles. The first kappa shape index (κ1) is 21.4. The van der Waals surface area contributed by atoms with Gasteiger partial charge < -0.3 is 28.6 Å². The number of β-lactam (4-membered cyclic amide) rings is 1. The van der Waals surface area contributed by atoms with E-state index in [0.29, 0.717) is 30.3 Å². The molecule has 1 unspecified atom stereocenters. The lowest BCUT2D eigenvalue weighted by Gasteiger charge is -2.40. The summed E-state index contributed by atoms with van der Waals surface area (Å²) < 4.78 is 26.2. The highest BCUT2D eigenvalue weighted by molar-refractivity contribution is 8.03. The SMILES string of the molecule is O=C(OCCC1C(=O)N2C=C(OC3COCOC3)S[C@@H]12)OCc1ccc([N+](=O)[O-])cc1. The highest BCUT2D eigenvalue weighted by Crippen LogP contribution is 2.47. The summed E-state index contributed by atoms with van der Waals surface area (Å²) in [6.07, 6.45) is 0.993. The number of hydrogen-bond acceptors (Lipinski definition) is 10. The lowest BCUT2D eigenvalue weighted by molar-refractivity contribution is -0.384. The Morgan fingerprint density at radius 1 is 1.23 bits per heavy atom. The Bertz CT molecular complexity index is 870. The zero-order valence-corrected chi connectivity index (χ0v) is 17.2. The number of ether oxygens (including phenoxy) is 5. The minimum Gasteiger partial charge on any atom is -0.478 e. The minimum absolute atomic E-state index is 0.0426. The maximum Gasteiger partial charge on any atom is 0.508 e. The maximum absolute atomic E-state index is 12.3. The van der Waals surface area contributed by atoms with E-state index in [1.165, 1.54) is 36.0 Å². The first-order valence-electron chi connectivity index (χ1n) is 9.57. The number of nitro benzene ring substituents is 1. The van der Waals surface area contributed by atoms with E-state index in [2.05, 4.69) is 0 Å². The van der Waals surface area contributed by atoms with E-state index < -0.39 is 11.1 Å². The molecular weight excluding hydrogens is 432 g/mol. The van der Waals surface area contributed by atoms with Crippen LogP contribution in [-0.4, -0.2) is 60.0 Å². The van der Waals surface area contributed by atoms with Crippen molar-refractivity contribution in [2.45, 2.75) is 24.5 Å². The van der Waals surface area contributed by atoms with Crippen molar-refractivity contribution in [2.24, 2.45) is 5.92 Å². The Balaban J connectivity index is 1.15. The van der Waals surface area contributed by atoms with Crippen LogP contribution in [0.5, 0.6) is 0 Å². The van der Waals surface area contributed by atoms with Crippen molar-refractivity contribution in [3.63, 3.8) is 0 Å². The molecule has 0 N–H and O–H groups in total. The van der Waals surface area contributed by atoms with Crippen molar-refractivity contribution in [1.82, 2.24) is 4.90 Å². The Morgan fingerprint density at radius 2 is 1.97 bits per heavy atom. The first-order valence-corrected chi connectivity index (χ1v) is 10.4. The van der Waals surface area contributed by atoms with Gasteiger partial charge in [-0.3, -0.25) is 14.9 Å². The predicted octanol–water partition coefficient (Wildman–Crippen LogP) is 2.36. The molecule has 2 atom stereocenters. The second-order valence-electron chi connectivity index (χ2n) is 7.01. The van der Waals surface area contributed by atoms with Crippen LogP contribution in [0.25, 0.3) is 0 Å². The van der Waals surface area contributed by atoms with E-state index in [-0.39, 0.29) is 49.0 Å². The van der Waals surface area contributed by atoms with Crippen molar-refractivity contribution in [2.75, 3.05) is 26.6 Å². The van der Waals surface area contributed by atoms with Gasteiger partial charge in [-0.15, -0.1) is 0 Å². The van der Waals surface area contributed by atoms with Gasteiger partial charge >= 0.3 is 6.16 Å². The van der Waals surface area contributed by atoms with Gasteiger partial charge in [0.2, 0.25) is 5.91 Å². The fourth-order valence-corrected chi connectivity index (χ4v) is 4.58. The minimum atomic E-state index is -0.861. The Kier molecular flexibility index (Phi) is 6.59. The third-order valence-corrected chi connectivity index (χ3v) is 6.11. The third kappa shape index (κ3) is 5.09. The van der Waals surface area contributed by atoms with Crippen LogP contribution in [0.4, 0.5) is 10.5 Å². The van der Waals surface area contributed by atoms with Gasteiger partial charge in [0.1, 0.15) is 24.9 Å². The van der Waals surface area contributed by atoms with Crippen LogP contribution in [-0.2, 0) is 35.1 Å². The van der Waals surface area contributed by atoms with Crippen LogP contribution in [0.15, 0.2) is 35.6 Å². The number of non-ortho nitro benzene ring substituents is 1. The molecule has 4 rings (SSSR count). The molecule has 2 fully saturated rings. The number of carbonyl (C=O) groups is 2. The number of rotatable bonds is 8. The number of hydrogen-bond donors (Lipinski definition) is 0. The zero-order chi connectivity index (χ0) is 21.8. The van der Waals surface area contributed by atoms with E-state index in [0.717, 1.165) is 0 Å². The maximum atomic E-state index is 12.3. The van der Waals surface area contributed by atoms with Gasteiger partial charge in [-0.25, -0.2) is 4.79 Å². The average Bonchev–Trinajstić information content (AvgIpc) is 3.15. The van der Waals surface area contributed by atoms with Crippen molar-refractivity contribution >= 4 is 29.5 Å². The summed E-state index contributed by atoms with van der Waals surface area (Å²) in [5.41, 5.74) is 0.556. The normalized spacial score (nSPS) is 22.9. The summed E-state index contributed by atoms with van der Waals surface area (Å²) >= 11 is 1.45. The summed E-state index contributed by atoms with van der Waals surface area (Å²) in [6.45, 7) is 1.12. The number of nitro groups is 1. The highest BCUT2D eigenvalue weighted by atomic mass is 32.2. The third-order valence-electron chi connectivity index (χ3n) is 4.88. The van der Waals surface area contributed by atoms with Gasteiger partial charge in [0.05, 0.1) is 36.9 Å². The molecule has 1 aromatic carbocycles. The summed E-state index contributed by atoms with van der Waals surface area (Å²) in [6, 6.07) is 5.67. The topological polar surface area (TPSA) is 127 Å². The zero-order valence-electron chi connectivity index (χ0n) is 16.3. The Morgan fingerprint density at radius 3 is 2.68 bits per heavy atom. The summed E-state index contributed by atoms with van der Waals surface area (Å²) in [4.78, 5) is 35.8. The smallest absolute Gasteiger partial charge is 0.478 e. The summed E-state index contributed by atoms with van der Waals surface area (Å²) in [5, 5.41) is 11.2. The van der Waals surface area contributed by atoms with Crippen LogP contribution in [0, 0.1) is 16.0 Å². The molecule has 0 bridgehead atoms. The van der Waals surface area contributed by atoms with Crippen LogP contribution in [0.2, 0.25) is 0 Å². The van der Waals surface area contributed by atoms with Gasteiger partial charge in [-0.1, -0.05) is 11.8 Å². The van der Waals surface area contributed by atoms with Gasteiger partial charge in [0.25, 0.3) is 5.69 Å². The fourth-order valence-electron chi connectivity index (χ4n) is 3.28. The monoisotopic (exact) mass is 452 g/mol. The average molecular weight is 452 g/mol. The van der Waals surface area contributed by atoms with E-state index in [1.807, 2.05) is 0 Å². The van der Waals surface area contributed by atoms with E-state index in [9.17, 15) is 19.7 Å². The summed E-state index contributed by atoms with van der Waals surface area (Å²) in [7, 11) is 0. The quantitative estimate of drug-likeness (QED) is 0.251. The molecule has 0 spiro atoms. The number of benzene rings is 1. The number of carbonyl (C=O) groups excluding carboxylic acids is 2. The molecule has 3 aliphatic rings. The molecule has 0 aromatic heterocycles. The van der Waals surface area contributed by atoms with Gasteiger partial charge in [-0.2, -0.15) is 0 Å². The molecule has 3 heterocycles. The predicted molar refractivity (Wildman–Crippen MR) is 105 cm³/mol. The van der Waals surface area contributed by atoms with Gasteiger partial charge in [0, 0.05) is 12.1 Å². The molecular formula is C19H20N2O9S. The molecule has 31 heavy (non-hydrogen) atoms. The Hall–Kier alpha value is -2.83. The van der Waals surface area contributed by atoms with E-state index in [4.69, 9.17) is 23.7 Å². The second-order valence-corrected chi connectivity index (χ2v) is 8.13. The second kappa shape index (κ2) is 9.54. The molecule has 12 heteroatoms. The van der Waals surface area contributed by atoms with E-state index in [1.54, 1.807) is 11.1 Å². The number of nitrogens with zero attached hydrogens (tertiary/aromatic N) is 2. The van der Waals surface area contributed by atoms with Crippen molar-refractivity contribution < 1.29 is 38.2 Å². The largest absolute Gasteiger partial charge is 0.508 e. The van der Waals surface area contributed by atoms with Crippen molar-refractivity contribution in [3.8, 4) is 0 Å². The summed E-state index contributed by atoms with van der Waals surface area (Å²) in [5.74, 6) is -0.321. The van der Waals surface area contributed by atoms with E-state index >= 15 is 0 Å². The lowest BCUT2D eigenvalue weighted by Crippen LogP contribution is -2.54. The highest BCUT2D eigenvalue weighted by Gasteiger charge is 2.51. The van der Waals surface area contributed by atoms with Crippen LogP contribution >= 0.6 is 11.8 Å². The molecule has 0 radical (unpaired) electrons. The molecule has 3 aliphatic heterocycles. The van der Waals surface area contributed by atoms with Crippen molar-refractivity contribution in [1.29, 1.82) is 0 Å². The number of fused-ring (bicyclic) bond motifs is 1. The fraction of sp³-hybridized carbons (Fsp3) is 0.474. The van der Waals surface area contributed by atoms with Crippen LogP contribution < -0.4 is 0 Å². The van der Waals surface area contributed by atoms with Crippen LogP contribution in [0.3, 0.4) is 0 Å². The number of thioether (sulfide) groups is 1. The molecule has 2 saturated heterocycles. The molecule has 0 aliphatic carbocycles. The van der Waals surface area contributed by atoms with Gasteiger partial charge in [-0.05, 0) is 24.1 Å². The molecule has 166 valence electrons. The van der Waals surface area contributed by atoms with Crippen molar-refractivity contribution in [3.05, 3.63) is 51.2 Å². The molecule has 11 nitrogen and oxygen atoms in total. The Labute approximate surface area is 181 Å². The number of amides is 1. The first-order chi connectivity index (χ1) is 15.0. The molecule has 1 aromatic rings. The standard InChI is InChI=1S/C19H20N2O9S/c22-17-15(18-20(17)7-16(31-18)30-14-9-26-11-27-10-14)5-6-28-19(23)29-8-12-1-3-13(4-2-12)21(24)25/h1-4,7,14-15,18H,5-6,8-11H2/t15?,18-/m0/s1.